The molecule has 0 spiro atoms. The maximum atomic E-state index is 12.5. The molecule has 0 fully saturated rings. The Kier molecular flexibility index (Phi) is 6.09. The Balaban J connectivity index is 1.32. The van der Waals surface area contributed by atoms with Crippen molar-refractivity contribution in [1.29, 1.82) is 0 Å². The van der Waals surface area contributed by atoms with Crippen molar-refractivity contribution in [2.45, 2.75) is 11.5 Å². The van der Waals surface area contributed by atoms with E-state index in [0.29, 0.717) is 9.99 Å². The molecule has 10 heteroatoms. The Hall–Kier alpha value is -4.18. The van der Waals surface area contributed by atoms with E-state index in [-0.39, 0.29) is 22.6 Å². The van der Waals surface area contributed by atoms with E-state index in [2.05, 4.69) is 5.32 Å². The summed E-state index contributed by atoms with van der Waals surface area (Å²) in [4.78, 5) is 36.5. The van der Waals surface area contributed by atoms with Gasteiger partial charge in [-0.05, 0) is 42.0 Å². The van der Waals surface area contributed by atoms with Crippen molar-refractivity contribution in [3.8, 4) is 0 Å². The van der Waals surface area contributed by atoms with E-state index in [4.69, 9.17) is 9.47 Å². The highest BCUT2D eigenvalue weighted by atomic mass is 32.2. The second kappa shape index (κ2) is 9.13. The SMILES string of the molecule is O=C(Nc1ccc(C(=O)OCN2C(=O)c3ccccc3S2(=O)=O)cc1)OCc1ccccc1. The van der Waals surface area contributed by atoms with Crippen LogP contribution in [0, 0.1) is 0 Å². The number of esters is 1. The van der Waals surface area contributed by atoms with Gasteiger partial charge in [-0.3, -0.25) is 10.1 Å². The average molecular weight is 466 g/mol. The molecule has 1 aliphatic heterocycles. The van der Waals surface area contributed by atoms with Gasteiger partial charge < -0.3 is 9.47 Å². The predicted molar refractivity (Wildman–Crippen MR) is 117 cm³/mol. The Labute approximate surface area is 189 Å². The summed E-state index contributed by atoms with van der Waals surface area (Å²) in [6.07, 6.45) is -0.661. The number of amides is 2. The summed E-state index contributed by atoms with van der Waals surface area (Å²) in [7, 11) is -4.07. The van der Waals surface area contributed by atoms with E-state index in [0.717, 1.165) is 5.56 Å². The smallest absolute Gasteiger partial charge is 0.411 e. The normalized spacial score (nSPS) is 13.8. The number of hydrogen-bond acceptors (Lipinski definition) is 7. The lowest BCUT2D eigenvalue weighted by atomic mass is 10.2. The maximum Gasteiger partial charge on any atom is 0.411 e. The molecular weight excluding hydrogens is 448 g/mol. The number of benzene rings is 3. The molecule has 9 nitrogen and oxygen atoms in total. The number of ether oxygens (including phenoxy) is 2. The molecule has 3 aromatic carbocycles. The third-order valence-electron chi connectivity index (χ3n) is 4.80. The maximum absolute atomic E-state index is 12.5. The molecule has 1 N–H and O–H groups in total. The van der Waals surface area contributed by atoms with Crippen LogP contribution in [-0.2, 0) is 26.1 Å². The first kappa shape index (κ1) is 22.0. The minimum Gasteiger partial charge on any atom is -0.444 e. The van der Waals surface area contributed by atoms with Gasteiger partial charge in [0.2, 0.25) is 0 Å². The van der Waals surface area contributed by atoms with Crippen LogP contribution in [0.3, 0.4) is 0 Å². The van der Waals surface area contributed by atoms with Crippen molar-refractivity contribution in [1.82, 2.24) is 4.31 Å². The molecule has 3 aromatic rings. The van der Waals surface area contributed by atoms with E-state index in [1.54, 1.807) is 6.07 Å². The first-order valence-electron chi connectivity index (χ1n) is 9.77. The number of fused-ring (bicyclic) bond motifs is 1. The van der Waals surface area contributed by atoms with Crippen molar-refractivity contribution in [3.05, 3.63) is 95.6 Å². The summed E-state index contributed by atoms with van der Waals surface area (Å²) in [5.41, 5.74) is 1.37. The number of nitrogens with zero attached hydrogens (tertiary/aromatic N) is 1. The molecule has 2 amide bonds. The molecule has 0 atom stereocenters. The van der Waals surface area contributed by atoms with Crippen LogP contribution in [-0.4, -0.2) is 37.4 Å². The third kappa shape index (κ3) is 4.70. The van der Waals surface area contributed by atoms with Gasteiger partial charge in [-0.25, -0.2) is 18.0 Å². The second-order valence-electron chi connectivity index (χ2n) is 6.98. The Morgan fingerprint density at radius 3 is 2.21 bits per heavy atom. The summed E-state index contributed by atoms with van der Waals surface area (Å²) in [6, 6.07) is 20.7. The van der Waals surface area contributed by atoms with Crippen LogP contribution in [0.5, 0.6) is 0 Å². The molecule has 0 saturated heterocycles. The zero-order valence-electron chi connectivity index (χ0n) is 17.1. The molecule has 0 saturated carbocycles. The van der Waals surface area contributed by atoms with Crippen molar-refractivity contribution >= 4 is 33.7 Å². The van der Waals surface area contributed by atoms with E-state index in [1.165, 1.54) is 42.5 Å². The van der Waals surface area contributed by atoms with E-state index < -0.39 is 34.7 Å². The number of sulfonamides is 1. The number of carbonyl (C=O) groups is 3. The molecule has 0 aliphatic carbocycles. The fourth-order valence-corrected chi connectivity index (χ4v) is 4.56. The summed E-state index contributed by atoms with van der Waals surface area (Å²) in [5, 5.41) is 2.54. The molecule has 0 unspecified atom stereocenters. The van der Waals surface area contributed by atoms with Gasteiger partial charge in [-0.1, -0.05) is 42.5 Å². The zero-order valence-corrected chi connectivity index (χ0v) is 17.9. The third-order valence-corrected chi connectivity index (χ3v) is 6.57. The Morgan fingerprint density at radius 2 is 1.52 bits per heavy atom. The molecule has 0 aromatic heterocycles. The summed E-state index contributed by atoms with van der Waals surface area (Å²) >= 11 is 0. The number of carbonyl (C=O) groups excluding carboxylic acids is 3. The fourth-order valence-electron chi connectivity index (χ4n) is 3.13. The number of nitrogens with one attached hydrogen (secondary N) is 1. The van der Waals surface area contributed by atoms with E-state index in [1.807, 2.05) is 30.3 Å². The number of anilines is 1. The highest BCUT2D eigenvalue weighted by molar-refractivity contribution is 7.90. The lowest BCUT2D eigenvalue weighted by molar-refractivity contribution is 0.0358. The largest absolute Gasteiger partial charge is 0.444 e. The Morgan fingerprint density at radius 1 is 0.848 bits per heavy atom. The van der Waals surface area contributed by atoms with E-state index >= 15 is 0 Å². The van der Waals surface area contributed by atoms with Crippen molar-refractivity contribution in [2.24, 2.45) is 0 Å². The average Bonchev–Trinajstić information content (AvgIpc) is 3.02. The standard InChI is InChI=1S/C23H18N2O7S/c26-21-19-8-4-5-9-20(19)33(29,30)25(21)15-32-22(27)17-10-12-18(13-11-17)24-23(28)31-14-16-6-2-1-3-7-16/h1-13H,14-15H2,(H,24,28). The van der Waals surface area contributed by atoms with Gasteiger partial charge in [0.05, 0.1) is 11.1 Å². The van der Waals surface area contributed by atoms with Crippen LogP contribution in [0.15, 0.2) is 83.8 Å². The molecule has 4 rings (SSSR count). The first-order valence-corrected chi connectivity index (χ1v) is 11.2. The molecule has 33 heavy (non-hydrogen) atoms. The van der Waals surface area contributed by atoms with Crippen molar-refractivity contribution in [2.75, 3.05) is 12.0 Å². The number of hydrogen-bond donors (Lipinski definition) is 1. The molecule has 1 heterocycles. The van der Waals surface area contributed by atoms with Gasteiger partial charge in [0.15, 0.2) is 6.73 Å². The van der Waals surface area contributed by atoms with Crippen LogP contribution < -0.4 is 5.32 Å². The molecule has 168 valence electrons. The monoisotopic (exact) mass is 466 g/mol. The van der Waals surface area contributed by atoms with Crippen LogP contribution in [0.4, 0.5) is 10.5 Å². The summed E-state index contributed by atoms with van der Waals surface area (Å²) < 4.78 is 35.7. The van der Waals surface area contributed by atoms with Crippen LogP contribution >= 0.6 is 0 Å². The minimum absolute atomic E-state index is 0.0307. The van der Waals surface area contributed by atoms with E-state index in [9.17, 15) is 22.8 Å². The summed E-state index contributed by atoms with van der Waals surface area (Å²) in [6.45, 7) is -0.639. The number of rotatable bonds is 6. The molecule has 0 bridgehead atoms. The van der Waals surface area contributed by atoms with Gasteiger partial charge in [0.25, 0.3) is 15.9 Å². The van der Waals surface area contributed by atoms with Crippen molar-refractivity contribution < 1.29 is 32.3 Å². The van der Waals surface area contributed by atoms with Crippen LogP contribution in [0.2, 0.25) is 0 Å². The fraction of sp³-hybridized carbons (Fsp3) is 0.0870. The molecule has 1 aliphatic rings. The van der Waals surface area contributed by atoms with Gasteiger partial charge in [0.1, 0.15) is 11.5 Å². The lowest BCUT2D eigenvalue weighted by Gasteiger charge is -2.15. The van der Waals surface area contributed by atoms with Gasteiger partial charge in [-0.15, -0.1) is 0 Å². The highest BCUT2D eigenvalue weighted by Gasteiger charge is 2.41. The van der Waals surface area contributed by atoms with Crippen LogP contribution in [0.1, 0.15) is 26.3 Å². The van der Waals surface area contributed by atoms with Gasteiger partial charge >= 0.3 is 12.1 Å². The molecule has 0 radical (unpaired) electrons. The van der Waals surface area contributed by atoms with Gasteiger partial charge in [-0.2, -0.15) is 4.31 Å². The minimum atomic E-state index is -4.07. The second-order valence-corrected chi connectivity index (χ2v) is 8.81. The van der Waals surface area contributed by atoms with Gasteiger partial charge in [0, 0.05) is 5.69 Å². The predicted octanol–water partition coefficient (Wildman–Crippen LogP) is 3.39. The highest BCUT2D eigenvalue weighted by Crippen LogP contribution is 2.29. The quantitative estimate of drug-likeness (QED) is 0.553. The first-order chi connectivity index (χ1) is 15.9. The van der Waals surface area contributed by atoms with Crippen molar-refractivity contribution in [3.63, 3.8) is 0 Å². The zero-order chi connectivity index (χ0) is 23.4. The lowest BCUT2D eigenvalue weighted by Crippen LogP contribution is -2.33. The van der Waals surface area contributed by atoms with Crippen LogP contribution in [0.25, 0.3) is 0 Å². The topological polar surface area (TPSA) is 119 Å². The summed E-state index contributed by atoms with van der Waals surface area (Å²) in [5.74, 6) is -1.58. The Bertz CT molecular complexity index is 1310. The molecular formula is C23H18N2O7S.